The van der Waals surface area contributed by atoms with Crippen LogP contribution in [0, 0.1) is 10.1 Å². The van der Waals surface area contributed by atoms with Crippen molar-refractivity contribution in [3.05, 3.63) is 39.4 Å². The van der Waals surface area contributed by atoms with E-state index < -0.39 is 28.1 Å². The number of esters is 1. The van der Waals surface area contributed by atoms with Gasteiger partial charge >= 0.3 is 18.4 Å². The molecule has 0 aliphatic heterocycles. The fourth-order valence-electron chi connectivity index (χ4n) is 1.07. The molecule has 0 aromatic heterocycles. The van der Waals surface area contributed by atoms with E-state index in [0.29, 0.717) is 0 Å². The third-order valence-corrected chi connectivity index (χ3v) is 1.77. The van der Waals surface area contributed by atoms with Crippen molar-refractivity contribution >= 4 is 24.1 Å². The number of carboxylic acids is 1. The summed E-state index contributed by atoms with van der Waals surface area (Å²) in [6, 6.07) is 2.49. The van der Waals surface area contributed by atoms with Gasteiger partial charge in [-0.1, -0.05) is 0 Å². The van der Waals surface area contributed by atoms with Crippen LogP contribution in [-0.4, -0.2) is 28.4 Å². The lowest BCUT2D eigenvalue weighted by molar-refractivity contribution is -0.384. The fraction of sp³-hybridized carbons (Fsp3) is 0. The number of hydrogen-bond acceptors (Lipinski definition) is 6. The molecule has 0 saturated carbocycles. The number of rotatable bonds is 4. The van der Waals surface area contributed by atoms with Gasteiger partial charge in [0, 0.05) is 12.1 Å². The van der Waals surface area contributed by atoms with E-state index in [1.807, 2.05) is 0 Å². The highest BCUT2D eigenvalue weighted by atomic mass is 16.6. The number of aromatic carboxylic acids is 1. The van der Waals surface area contributed by atoms with Crippen molar-refractivity contribution < 1.29 is 29.2 Å². The Hall–Kier alpha value is -2.77. The van der Waals surface area contributed by atoms with Gasteiger partial charge in [-0.05, 0) is 6.07 Å². The summed E-state index contributed by atoms with van der Waals surface area (Å²) in [7, 11) is 0. The number of ether oxygens (including phenoxy) is 1. The largest absolute Gasteiger partial charge is 0.478 e. The number of carboxylic acid groups (broad SMARTS) is 1. The van der Waals surface area contributed by atoms with Gasteiger partial charge in [0.25, 0.3) is 5.69 Å². The molecule has 1 rings (SSSR count). The molecule has 8 nitrogen and oxygen atoms in total. The van der Waals surface area contributed by atoms with Crippen LogP contribution in [0.4, 0.5) is 5.69 Å². The summed E-state index contributed by atoms with van der Waals surface area (Å²) in [5.74, 6) is -2.60. The monoisotopic (exact) mass is 239 g/mol. The van der Waals surface area contributed by atoms with Crippen LogP contribution in [-0.2, 0) is 9.53 Å². The summed E-state index contributed by atoms with van der Waals surface area (Å²) in [6.45, 7) is -0.151. The molecule has 0 saturated heterocycles. The standard InChI is InChI=1S/C9H5NO7/c11-4-17-9(14)6-1-5(8(12)13)2-7(3-6)10(15)16/h1-4H,(H,12,13). The van der Waals surface area contributed by atoms with Gasteiger partial charge in [0.15, 0.2) is 0 Å². The van der Waals surface area contributed by atoms with Gasteiger partial charge in [-0.15, -0.1) is 0 Å². The van der Waals surface area contributed by atoms with E-state index in [1.165, 1.54) is 0 Å². The number of non-ortho nitro benzene ring substituents is 1. The first kappa shape index (κ1) is 12.3. The van der Waals surface area contributed by atoms with Gasteiger partial charge in [0.1, 0.15) is 0 Å². The molecule has 0 amide bonds. The average molecular weight is 239 g/mol. The third kappa shape index (κ3) is 2.84. The fourth-order valence-corrected chi connectivity index (χ4v) is 1.07. The Morgan fingerprint density at radius 2 is 1.88 bits per heavy atom. The van der Waals surface area contributed by atoms with Gasteiger partial charge < -0.3 is 9.84 Å². The number of carbonyl (C=O) groups is 3. The van der Waals surface area contributed by atoms with Crippen LogP contribution in [0.25, 0.3) is 0 Å². The van der Waals surface area contributed by atoms with E-state index in [1.54, 1.807) is 0 Å². The molecule has 0 atom stereocenters. The Morgan fingerprint density at radius 3 is 2.35 bits per heavy atom. The zero-order chi connectivity index (χ0) is 13.0. The smallest absolute Gasteiger partial charge is 0.345 e. The van der Waals surface area contributed by atoms with E-state index in [9.17, 15) is 24.5 Å². The molecule has 17 heavy (non-hydrogen) atoms. The van der Waals surface area contributed by atoms with Crippen molar-refractivity contribution in [2.75, 3.05) is 0 Å². The van der Waals surface area contributed by atoms with E-state index >= 15 is 0 Å². The summed E-state index contributed by atoms with van der Waals surface area (Å²) >= 11 is 0. The van der Waals surface area contributed by atoms with Gasteiger partial charge in [-0.2, -0.15) is 0 Å². The topological polar surface area (TPSA) is 124 Å². The van der Waals surface area contributed by atoms with Crippen molar-refractivity contribution in [2.45, 2.75) is 0 Å². The van der Waals surface area contributed by atoms with E-state index in [2.05, 4.69) is 4.74 Å². The maximum Gasteiger partial charge on any atom is 0.345 e. The van der Waals surface area contributed by atoms with E-state index in [-0.39, 0.29) is 12.0 Å². The van der Waals surface area contributed by atoms with Crippen LogP contribution in [0.5, 0.6) is 0 Å². The summed E-state index contributed by atoms with van der Waals surface area (Å²) in [4.78, 5) is 41.4. The van der Waals surface area contributed by atoms with Crippen molar-refractivity contribution in [3.63, 3.8) is 0 Å². The zero-order valence-corrected chi connectivity index (χ0v) is 8.15. The van der Waals surface area contributed by atoms with E-state index in [4.69, 9.17) is 5.11 Å². The number of carbonyl (C=O) groups excluding carboxylic acids is 2. The van der Waals surface area contributed by atoms with Crippen molar-refractivity contribution in [2.24, 2.45) is 0 Å². The Kier molecular flexibility index (Phi) is 3.50. The first-order valence-corrected chi connectivity index (χ1v) is 4.13. The van der Waals surface area contributed by atoms with Gasteiger partial charge in [0.2, 0.25) is 0 Å². The minimum Gasteiger partial charge on any atom is -0.478 e. The van der Waals surface area contributed by atoms with Crippen LogP contribution in [0.3, 0.4) is 0 Å². The van der Waals surface area contributed by atoms with Crippen LogP contribution in [0.15, 0.2) is 18.2 Å². The number of benzene rings is 1. The molecule has 0 radical (unpaired) electrons. The van der Waals surface area contributed by atoms with Gasteiger partial charge in [-0.25, -0.2) is 9.59 Å². The molecule has 8 heteroatoms. The van der Waals surface area contributed by atoms with Gasteiger partial charge in [-0.3, -0.25) is 14.9 Å². The van der Waals surface area contributed by atoms with Crippen LogP contribution in [0.2, 0.25) is 0 Å². The van der Waals surface area contributed by atoms with Crippen LogP contribution in [0.1, 0.15) is 20.7 Å². The van der Waals surface area contributed by atoms with Crippen LogP contribution >= 0.6 is 0 Å². The highest BCUT2D eigenvalue weighted by Crippen LogP contribution is 2.18. The maximum absolute atomic E-state index is 11.1. The summed E-state index contributed by atoms with van der Waals surface area (Å²) in [6.07, 6.45) is 0. The Morgan fingerprint density at radius 1 is 1.29 bits per heavy atom. The second-order valence-electron chi connectivity index (χ2n) is 2.83. The molecule has 0 bridgehead atoms. The lowest BCUT2D eigenvalue weighted by Gasteiger charge is -2.00. The molecule has 1 aromatic rings. The molecular formula is C9H5NO7. The van der Waals surface area contributed by atoms with Crippen molar-refractivity contribution in [1.82, 2.24) is 0 Å². The maximum atomic E-state index is 11.1. The Balaban J connectivity index is 3.30. The molecule has 0 spiro atoms. The molecule has 88 valence electrons. The van der Waals surface area contributed by atoms with E-state index in [0.717, 1.165) is 18.2 Å². The summed E-state index contributed by atoms with van der Waals surface area (Å²) in [5.41, 5.74) is -1.41. The van der Waals surface area contributed by atoms with Crippen molar-refractivity contribution in [1.29, 1.82) is 0 Å². The molecule has 0 aliphatic carbocycles. The molecule has 0 unspecified atom stereocenters. The summed E-state index contributed by atoms with van der Waals surface area (Å²) in [5, 5.41) is 19.2. The predicted molar refractivity (Wildman–Crippen MR) is 51.5 cm³/mol. The molecular weight excluding hydrogens is 234 g/mol. The number of nitrogens with zero attached hydrogens (tertiary/aromatic N) is 1. The Labute approximate surface area is 93.6 Å². The highest BCUT2D eigenvalue weighted by molar-refractivity contribution is 5.97. The minimum absolute atomic E-state index is 0.151. The number of nitro benzene ring substituents is 1. The van der Waals surface area contributed by atoms with Crippen molar-refractivity contribution in [3.8, 4) is 0 Å². The Bertz CT molecular complexity index is 476. The zero-order valence-electron chi connectivity index (χ0n) is 8.15. The first-order valence-electron chi connectivity index (χ1n) is 4.13. The second-order valence-corrected chi connectivity index (χ2v) is 2.83. The third-order valence-electron chi connectivity index (χ3n) is 1.77. The second kappa shape index (κ2) is 4.84. The average Bonchev–Trinajstić information content (AvgIpc) is 2.28. The quantitative estimate of drug-likeness (QED) is 0.268. The molecule has 0 aliphatic rings. The predicted octanol–water partition coefficient (Wildman–Crippen LogP) is 0.606. The SMILES string of the molecule is O=COC(=O)c1cc(C(=O)O)cc([N+](=O)[O-])c1. The lowest BCUT2D eigenvalue weighted by Crippen LogP contribution is -2.07. The summed E-state index contributed by atoms with van der Waals surface area (Å²) < 4.78 is 3.96. The molecule has 0 heterocycles. The lowest BCUT2D eigenvalue weighted by atomic mass is 10.1. The molecule has 1 N–H and O–H groups in total. The number of nitro groups is 1. The molecule has 0 fully saturated rings. The van der Waals surface area contributed by atoms with Gasteiger partial charge in [0.05, 0.1) is 16.1 Å². The highest BCUT2D eigenvalue weighted by Gasteiger charge is 2.18. The number of hydrogen-bond donors (Lipinski definition) is 1. The molecule has 1 aromatic carbocycles. The van der Waals surface area contributed by atoms with Crippen LogP contribution < -0.4 is 0 Å². The first-order chi connectivity index (χ1) is 7.95. The normalized spacial score (nSPS) is 9.41. The minimum atomic E-state index is -1.44.